The summed E-state index contributed by atoms with van der Waals surface area (Å²) < 4.78 is 17.0. The zero-order valence-electron chi connectivity index (χ0n) is 53.4. The topological polar surface area (TPSA) is 78.9 Å². The molecule has 0 heterocycles. The molecular formula is C73H136O6. The molecule has 0 aliphatic carbocycles. The lowest BCUT2D eigenvalue weighted by molar-refractivity contribution is -0.167. The maximum atomic E-state index is 12.9. The van der Waals surface area contributed by atoms with Crippen molar-refractivity contribution in [1.29, 1.82) is 0 Å². The van der Waals surface area contributed by atoms with E-state index >= 15 is 0 Å². The van der Waals surface area contributed by atoms with E-state index < -0.39 is 6.10 Å². The van der Waals surface area contributed by atoms with Gasteiger partial charge >= 0.3 is 17.9 Å². The van der Waals surface area contributed by atoms with E-state index in [1.807, 2.05) is 0 Å². The van der Waals surface area contributed by atoms with Crippen LogP contribution in [0.2, 0.25) is 0 Å². The van der Waals surface area contributed by atoms with Gasteiger partial charge in [-0.1, -0.05) is 333 Å². The lowest BCUT2D eigenvalue weighted by Gasteiger charge is -2.18. The Labute approximate surface area is 493 Å². The summed E-state index contributed by atoms with van der Waals surface area (Å²) in [7, 11) is 0. The molecule has 0 saturated heterocycles. The third-order valence-corrected chi connectivity index (χ3v) is 16.1. The van der Waals surface area contributed by atoms with Crippen molar-refractivity contribution in [2.24, 2.45) is 0 Å². The number of rotatable bonds is 66. The molecule has 0 aliphatic heterocycles. The molecule has 0 aromatic carbocycles. The standard InChI is InChI=1S/C73H136O6/c1-4-7-10-13-16-19-22-25-28-30-32-33-34-35-36-37-38-39-40-41-43-45-48-51-54-57-60-63-66-72(75)78-69-70(68-77-71(74)65-62-59-56-53-50-47-44-27-24-21-18-15-12-9-6-3)79-73(76)67-64-61-58-55-52-49-46-42-31-29-26-23-20-17-14-11-8-5-2/h20,23,27,29,31,44,70H,4-19,21-22,24-26,28,30,32-43,45-69H2,1-3H3/b23-20-,31-29-,44-27-. The predicted octanol–water partition coefficient (Wildman–Crippen LogP) is 24.3. The minimum Gasteiger partial charge on any atom is -0.462 e. The van der Waals surface area contributed by atoms with Crippen molar-refractivity contribution in [3.63, 3.8) is 0 Å². The van der Waals surface area contributed by atoms with Gasteiger partial charge in [-0.3, -0.25) is 14.4 Å². The number of esters is 3. The third kappa shape index (κ3) is 66.3. The predicted molar refractivity (Wildman–Crippen MR) is 344 cm³/mol. The van der Waals surface area contributed by atoms with Crippen molar-refractivity contribution >= 4 is 17.9 Å². The van der Waals surface area contributed by atoms with Crippen LogP contribution in [0.1, 0.15) is 393 Å². The summed E-state index contributed by atoms with van der Waals surface area (Å²) in [6.45, 7) is 6.68. The van der Waals surface area contributed by atoms with Crippen molar-refractivity contribution in [2.75, 3.05) is 13.2 Å². The molecule has 0 N–H and O–H groups in total. The monoisotopic (exact) mass is 1110 g/mol. The second-order valence-electron chi connectivity index (χ2n) is 24.1. The molecule has 0 spiro atoms. The highest BCUT2D eigenvalue weighted by atomic mass is 16.6. The molecule has 79 heavy (non-hydrogen) atoms. The molecule has 0 radical (unpaired) electrons. The van der Waals surface area contributed by atoms with Crippen molar-refractivity contribution in [3.8, 4) is 0 Å². The van der Waals surface area contributed by atoms with E-state index in [-0.39, 0.29) is 31.1 Å². The van der Waals surface area contributed by atoms with Crippen LogP contribution in [0, 0.1) is 0 Å². The Balaban J connectivity index is 4.22. The van der Waals surface area contributed by atoms with Crippen LogP contribution >= 0.6 is 0 Å². The van der Waals surface area contributed by atoms with Gasteiger partial charge in [0.05, 0.1) is 0 Å². The highest BCUT2D eigenvalue weighted by Crippen LogP contribution is 2.18. The SMILES string of the molecule is CCCCCC/C=C\C/C=C\CCCCCCCCCC(=O)OC(COC(=O)CCCCCCC/C=C\CCCCCCCC)COC(=O)CCCCCCCCCCCCCCCCCCCCCCCCCCCCCC. The molecule has 6 heteroatoms. The van der Waals surface area contributed by atoms with Crippen LogP contribution in [0.25, 0.3) is 0 Å². The van der Waals surface area contributed by atoms with Gasteiger partial charge in [0.1, 0.15) is 13.2 Å². The quantitative estimate of drug-likeness (QED) is 0.0261. The number of unbranched alkanes of at least 4 members (excludes halogenated alkanes) is 49. The third-order valence-electron chi connectivity index (χ3n) is 16.1. The molecule has 0 rings (SSSR count). The van der Waals surface area contributed by atoms with Crippen molar-refractivity contribution in [1.82, 2.24) is 0 Å². The fourth-order valence-corrected chi connectivity index (χ4v) is 10.8. The molecule has 1 atom stereocenters. The summed E-state index contributed by atoms with van der Waals surface area (Å²) in [5.74, 6) is -0.863. The number of carbonyl (C=O) groups excluding carboxylic acids is 3. The maximum absolute atomic E-state index is 12.9. The van der Waals surface area contributed by atoms with Gasteiger partial charge in [0.25, 0.3) is 0 Å². The Hall–Kier alpha value is -2.37. The van der Waals surface area contributed by atoms with Gasteiger partial charge in [0, 0.05) is 19.3 Å². The zero-order chi connectivity index (χ0) is 57.1. The largest absolute Gasteiger partial charge is 0.462 e. The Bertz CT molecular complexity index is 1320. The van der Waals surface area contributed by atoms with Gasteiger partial charge in [-0.2, -0.15) is 0 Å². The van der Waals surface area contributed by atoms with Crippen LogP contribution in [-0.4, -0.2) is 37.2 Å². The molecule has 0 saturated carbocycles. The Kier molecular flexibility index (Phi) is 66.1. The van der Waals surface area contributed by atoms with Crippen LogP contribution in [0.15, 0.2) is 36.5 Å². The first-order valence-electron chi connectivity index (χ1n) is 35.5. The van der Waals surface area contributed by atoms with Crippen LogP contribution in [0.5, 0.6) is 0 Å². The van der Waals surface area contributed by atoms with Gasteiger partial charge < -0.3 is 14.2 Å². The fraction of sp³-hybridized carbons (Fsp3) is 0.877. The molecule has 6 nitrogen and oxygen atoms in total. The lowest BCUT2D eigenvalue weighted by Crippen LogP contribution is -2.30. The van der Waals surface area contributed by atoms with E-state index in [4.69, 9.17) is 14.2 Å². The minimum atomic E-state index is -0.779. The number of carbonyl (C=O) groups is 3. The smallest absolute Gasteiger partial charge is 0.306 e. The molecule has 0 amide bonds. The van der Waals surface area contributed by atoms with Gasteiger partial charge in [-0.25, -0.2) is 0 Å². The average Bonchev–Trinajstić information content (AvgIpc) is 3.45. The Morgan fingerprint density at radius 3 is 0.722 bits per heavy atom. The van der Waals surface area contributed by atoms with E-state index in [1.54, 1.807) is 0 Å². The van der Waals surface area contributed by atoms with Crippen molar-refractivity contribution in [2.45, 2.75) is 399 Å². The highest BCUT2D eigenvalue weighted by Gasteiger charge is 2.19. The summed E-state index contributed by atoms with van der Waals surface area (Å²) in [6, 6.07) is 0. The first kappa shape index (κ1) is 76.6. The van der Waals surface area contributed by atoms with E-state index in [9.17, 15) is 14.4 Å². The summed E-state index contributed by atoms with van der Waals surface area (Å²) >= 11 is 0. The van der Waals surface area contributed by atoms with Gasteiger partial charge in [0.2, 0.25) is 0 Å². The van der Waals surface area contributed by atoms with Gasteiger partial charge in [-0.05, 0) is 77.0 Å². The summed E-state index contributed by atoms with van der Waals surface area (Å²) in [4.78, 5) is 38.4. The van der Waals surface area contributed by atoms with E-state index in [0.29, 0.717) is 19.3 Å². The summed E-state index contributed by atoms with van der Waals surface area (Å²) in [5, 5.41) is 0. The first-order valence-corrected chi connectivity index (χ1v) is 35.5. The van der Waals surface area contributed by atoms with E-state index in [1.165, 1.54) is 276 Å². The normalized spacial score (nSPS) is 12.2. The van der Waals surface area contributed by atoms with Crippen LogP contribution in [-0.2, 0) is 28.6 Å². The van der Waals surface area contributed by atoms with Crippen LogP contribution in [0.3, 0.4) is 0 Å². The van der Waals surface area contributed by atoms with Crippen molar-refractivity contribution < 1.29 is 28.6 Å². The van der Waals surface area contributed by atoms with Crippen molar-refractivity contribution in [3.05, 3.63) is 36.5 Å². The van der Waals surface area contributed by atoms with E-state index in [2.05, 4.69) is 57.2 Å². The molecule has 1 unspecified atom stereocenters. The Morgan fingerprint density at radius 1 is 0.253 bits per heavy atom. The number of hydrogen-bond acceptors (Lipinski definition) is 6. The lowest BCUT2D eigenvalue weighted by atomic mass is 10.0. The number of hydrogen-bond donors (Lipinski definition) is 0. The second kappa shape index (κ2) is 68.1. The average molecular weight is 1110 g/mol. The van der Waals surface area contributed by atoms with E-state index in [0.717, 1.165) is 77.0 Å². The molecule has 0 fully saturated rings. The minimum absolute atomic E-state index is 0.0736. The van der Waals surface area contributed by atoms with Crippen LogP contribution in [0.4, 0.5) is 0 Å². The summed E-state index contributed by atoms with van der Waals surface area (Å²) in [5.41, 5.74) is 0. The summed E-state index contributed by atoms with van der Waals surface area (Å²) in [6.07, 6.45) is 84.6. The molecule has 0 aromatic rings. The van der Waals surface area contributed by atoms with Gasteiger partial charge in [-0.15, -0.1) is 0 Å². The number of allylic oxidation sites excluding steroid dienone is 6. The number of ether oxygens (including phenoxy) is 3. The van der Waals surface area contributed by atoms with Gasteiger partial charge in [0.15, 0.2) is 6.10 Å². The molecule has 0 aromatic heterocycles. The molecule has 464 valence electrons. The zero-order valence-corrected chi connectivity index (χ0v) is 53.4. The molecular weight excluding hydrogens is 973 g/mol. The van der Waals surface area contributed by atoms with Crippen LogP contribution < -0.4 is 0 Å². The highest BCUT2D eigenvalue weighted by molar-refractivity contribution is 5.71. The Morgan fingerprint density at radius 2 is 0.456 bits per heavy atom. The maximum Gasteiger partial charge on any atom is 0.306 e. The molecule has 0 aliphatic rings. The second-order valence-corrected chi connectivity index (χ2v) is 24.1. The first-order chi connectivity index (χ1) is 39.0. The molecule has 0 bridgehead atoms. The fourth-order valence-electron chi connectivity index (χ4n) is 10.8.